The summed E-state index contributed by atoms with van der Waals surface area (Å²) in [4.78, 5) is 26.7. The zero-order valence-electron chi connectivity index (χ0n) is 13.1. The van der Waals surface area contributed by atoms with E-state index in [0.717, 1.165) is 12.8 Å². The molecule has 3 rings (SSSR count). The minimum Gasteiger partial charge on any atom is -0.380 e. The summed E-state index contributed by atoms with van der Waals surface area (Å²) in [5, 5.41) is 11.0. The highest BCUT2D eigenvalue weighted by atomic mass is 35.5. The van der Waals surface area contributed by atoms with Crippen molar-refractivity contribution < 1.29 is 14.7 Å². The van der Waals surface area contributed by atoms with Gasteiger partial charge in [-0.2, -0.15) is 0 Å². The Bertz CT molecular complexity index is 585. The molecule has 23 heavy (non-hydrogen) atoms. The van der Waals surface area contributed by atoms with E-state index in [9.17, 15) is 14.7 Å². The molecule has 0 spiro atoms. The van der Waals surface area contributed by atoms with Crippen LogP contribution in [0.5, 0.6) is 0 Å². The Kier molecular flexibility index (Phi) is 4.74. The molecule has 5 heteroatoms. The summed E-state index contributed by atoms with van der Waals surface area (Å²) in [7, 11) is 0. The zero-order chi connectivity index (χ0) is 16.4. The number of carbonyl (C=O) groups is 2. The van der Waals surface area contributed by atoms with Gasteiger partial charge in [0, 0.05) is 29.6 Å². The molecule has 1 aromatic carbocycles. The van der Waals surface area contributed by atoms with Crippen LogP contribution in [0.25, 0.3) is 0 Å². The van der Waals surface area contributed by atoms with Gasteiger partial charge in [-0.25, -0.2) is 0 Å². The molecule has 1 N–H and O–H groups in total. The van der Waals surface area contributed by atoms with Crippen LogP contribution in [0.2, 0.25) is 5.02 Å². The number of Topliss-reactive ketones (excluding diaryl/α,β-unsaturated/α-hetero) is 1. The van der Waals surface area contributed by atoms with Gasteiger partial charge >= 0.3 is 0 Å². The number of hydrogen-bond acceptors (Lipinski definition) is 3. The summed E-state index contributed by atoms with van der Waals surface area (Å²) in [6.07, 6.45) is 4.26. The molecule has 0 aromatic heterocycles. The van der Waals surface area contributed by atoms with Crippen LogP contribution in [0, 0.1) is 5.92 Å². The monoisotopic (exact) mass is 335 g/mol. The average Bonchev–Trinajstić information content (AvgIpc) is 3.02. The van der Waals surface area contributed by atoms with Gasteiger partial charge in [0.1, 0.15) is 5.60 Å². The van der Waals surface area contributed by atoms with Gasteiger partial charge in [-0.15, -0.1) is 0 Å². The van der Waals surface area contributed by atoms with Gasteiger partial charge in [0.2, 0.25) is 0 Å². The zero-order valence-corrected chi connectivity index (χ0v) is 13.9. The number of piperidine rings is 1. The van der Waals surface area contributed by atoms with Crippen molar-refractivity contribution >= 4 is 23.3 Å². The molecule has 0 unspecified atom stereocenters. The Morgan fingerprint density at radius 3 is 2.22 bits per heavy atom. The van der Waals surface area contributed by atoms with Crippen molar-refractivity contribution in [1.29, 1.82) is 0 Å². The lowest BCUT2D eigenvalue weighted by Crippen LogP contribution is -2.50. The molecule has 1 aromatic rings. The van der Waals surface area contributed by atoms with Crippen LogP contribution in [-0.4, -0.2) is 40.4 Å². The van der Waals surface area contributed by atoms with Crippen molar-refractivity contribution in [2.75, 3.05) is 13.1 Å². The van der Waals surface area contributed by atoms with E-state index < -0.39 is 5.60 Å². The quantitative estimate of drug-likeness (QED) is 0.864. The highest BCUT2D eigenvalue weighted by molar-refractivity contribution is 6.30. The largest absolute Gasteiger partial charge is 0.380 e. The molecule has 1 amide bonds. The van der Waals surface area contributed by atoms with Crippen LogP contribution in [0.3, 0.4) is 0 Å². The summed E-state index contributed by atoms with van der Waals surface area (Å²) in [5.74, 6) is -0.0841. The molecule has 0 radical (unpaired) electrons. The van der Waals surface area contributed by atoms with Crippen molar-refractivity contribution in [3.05, 3.63) is 34.9 Å². The molecule has 0 atom stereocenters. The van der Waals surface area contributed by atoms with Gasteiger partial charge in [0.25, 0.3) is 5.91 Å². The lowest BCUT2D eigenvalue weighted by Gasteiger charge is -2.35. The highest BCUT2D eigenvalue weighted by Crippen LogP contribution is 2.33. The van der Waals surface area contributed by atoms with Gasteiger partial charge in [0.15, 0.2) is 5.78 Å². The van der Waals surface area contributed by atoms with Crippen molar-refractivity contribution in [3.8, 4) is 0 Å². The first-order valence-electron chi connectivity index (χ1n) is 8.31. The van der Waals surface area contributed by atoms with E-state index in [4.69, 9.17) is 11.6 Å². The van der Waals surface area contributed by atoms with E-state index >= 15 is 0 Å². The Morgan fingerprint density at radius 2 is 1.65 bits per heavy atom. The third-order valence-electron chi connectivity index (χ3n) is 5.11. The number of rotatable bonds is 3. The van der Waals surface area contributed by atoms with Gasteiger partial charge < -0.3 is 10.0 Å². The second-order valence-corrected chi connectivity index (χ2v) is 7.11. The molecule has 1 aliphatic heterocycles. The SMILES string of the molecule is O=C(c1ccc(Cl)cc1)C1CCN(C(=O)C2(O)CCCC2)CC1. The molecule has 2 aliphatic rings. The Morgan fingerprint density at radius 1 is 1.09 bits per heavy atom. The van der Waals surface area contributed by atoms with Gasteiger partial charge in [-0.1, -0.05) is 11.6 Å². The molecule has 0 bridgehead atoms. The number of benzene rings is 1. The summed E-state index contributed by atoms with van der Waals surface area (Å²) in [5.41, 5.74) is -0.485. The summed E-state index contributed by atoms with van der Waals surface area (Å²) in [6.45, 7) is 1.09. The van der Waals surface area contributed by atoms with Gasteiger partial charge in [-0.3, -0.25) is 9.59 Å². The van der Waals surface area contributed by atoms with Crippen LogP contribution in [0.4, 0.5) is 0 Å². The van der Waals surface area contributed by atoms with E-state index in [1.54, 1.807) is 29.2 Å². The molecule has 4 nitrogen and oxygen atoms in total. The summed E-state index contributed by atoms with van der Waals surface area (Å²) < 4.78 is 0. The first-order valence-corrected chi connectivity index (χ1v) is 8.69. The fourth-order valence-corrected chi connectivity index (χ4v) is 3.79. The molecule has 1 saturated heterocycles. The molecule has 1 saturated carbocycles. The summed E-state index contributed by atoms with van der Waals surface area (Å²) in [6, 6.07) is 6.96. The smallest absolute Gasteiger partial charge is 0.254 e. The van der Waals surface area contributed by atoms with Crippen molar-refractivity contribution in [2.24, 2.45) is 5.92 Å². The van der Waals surface area contributed by atoms with E-state index in [1.807, 2.05) is 0 Å². The minimum atomic E-state index is -1.16. The van der Waals surface area contributed by atoms with Crippen molar-refractivity contribution in [1.82, 2.24) is 4.90 Å². The number of likely N-dealkylation sites (tertiary alicyclic amines) is 1. The number of carbonyl (C=O) groups excluding carboxylic acids is 2. The normalized spacial score (nSPS) is 21.4. The topological polar surface area (TPSA) is 57.6 Å². The first-order chi connectivity index (χ1) is 11.0. The number of ketones is 1. The molecule has 1 heterocycles. The van der Waals surface area contributed by atoms with Gasteiger partial charge in [-0.05, 0) is 62.8 Å². The number of aliphatic hydroxyl groups is 1. The van der Waals surface area contributed by atoms with E-state index in [-0.39, 0.29) is 17.6 Å². The molecular formula is C18H22ClNO3. The lowest BCUT2D eigenvalue weighted by molar-refractivity contribution is -0.152. The number of hydrogen-bond donors (Lipinski definition) is 1. The third-order valence-corrected chi connectivity index (χ3v) is 5.36. The first kappa shape index (κ1) is 16.5. The fourth-order valence-electron chi connectivity index (χ4n) is 3.66. The number of amides is 1. The maximum absolute atomic E-state index is 12.5. The van der Waals surface area contributed by atoms with Crippen LogP contribution >= 0.6 is 11.6 Å². The molecule has 124 valence electrons. The minimum absolute atomic E-state index is 0.0570. The number of halogens is 1. The molecular weight excluding hydrogens is 314 g/mol. The average molecular weight is 336 g/mol. The van der Waals surface area contributed by atoms with E-state index in [2.05, 4.69) is 0 Å². The maximum atomic E-state index is 12.5. The summed E-state index contributed by atoms with van der Waals surface area (Å²) >= 11 is 5.85. The van der Waals surface area contributed by atoms with Crippen molar-refractivity contribution in [2.45, 2.75) is 44.1 Å². The predicted molar refractivity (Wildman–Crippen MR) is 88.5 cm³/mol. The van der Waals surface area contributed by atoms with E-state index in [1.165, 1.54) is 0 Å². The predicted octanol–water partition coefficient (Wildman–Crippen LogP) is 3.07. The van der Waals surface area contributed by atoms with Crippen molar-refractivity contribution in [3.63, 3.8) is 0 Å². The number of nitrogens with zero attached hydrogens (tertiary/aromatic N) is 1. The van der Waals surface area contributed by atoms with E-state index in [0.29, 0.717) is 49.4 Å². The highest BCUT2D eigenvalue weighted by Gasteiger charge is 2.42. The van der Waals surface area contributed by atoms with Crippen LogP contribution in [0.1, 0.15) is 48.9 Å². The van der Waals surface area contributed by atoms with Gasteiger partial charge in [0.05, 0.1) is 0 Å². The Balaban J connectivity index is 1.59. The third kappa shape index (κ3) is 3.43. The Labute approximate surface area is 141 Å². The van der Waals surface area contributed by atoms with Crippen LogP contribution < -0.4 is 0 Å². The fraction of sp³-hybridized carbons (Fsp3) is 0.556. The van der Waals surface area contributed by atoms with Crippen LogP contribution in [-0.2, 0) is 4.79 Å². The Hall–Kier alpha value is -1.39. The second-order valence-electron chi connectivity index (χ2n) is 6.68. The standard InChI is InChI=1S/C18H22ClNO3/c19-15-5-3-13(4-6-15)16(21)14-7-11-20(12-8-14)17(22)18(23)9-1-2-10-18/h3-6,14,23H,1-2,7-12H2. The van der Waals surface area contributed by atoms with Crippen LogP contribution in [0.15, 0.2) is 24.3 Å². The second kappa shape index (κ2) is 6.62. The molecule has 2 fully saturated rings. The molecule has 1 aliphatic carbocycles. The lowest BCUT2D eigenvalue weighted by atomic mass is 9.88. The maximum Gasteiger partial charge on any atom is 0.254 e.